The van der Waals surface area contributed by atoms with Crippen LogP contribution in [-0.4, -0.2) is 13.1 Å². The quantitative estimate of drug-likeness (QED) is 0.816. The van der Waals surface area contributed by atoms with Crippen molar-refractivity contribution in [2.24, 2.45) is 5.41 Å². The van der Waals surface area contributed by atoms with Crippen LogP contribution in [0.1, 0.15) is 26.7 Å². The molecule has 0 bridgehead atoms. The fourth-order valence-corrected chi connectivity index (χ4v) is 2.64. The molecule has 0 unspecified atom stereocenters. The van der Waals surface area contributed by atoms with Crippen molar-refractivity contribution in [1.82, 2.24) is 0 Å². The monoisotopic (exact) mass is 238 g/mol. The maximum atomic E-state index is 6.19. The van der Waals surface area contributed by atoms with Crippen molar-refractivity contribution in [3.8, 4) is 0 Å². The van der Waals surface area contributed by atoms with E-state index in [1.165, 1.54) is 12.8 Å². The summed E-state index contributed by atoms with van der Waals surface area (Å²) in [5, 5.41) is 0.801. The minimum absolute atomic E-state index is 0.494. The van der Waals surface area contributed by atoms with E-state index in [9.17, 15) is 0 Å². The zero-order valence-corrected chi connectivity index (χ0v) is 10.7. The summed E-state index contributed by atoms with van der Waals surface area (Å²) in [5.74, 6) is 0. The van der Waals surface area contributed by atoms with Crippen LogP contribution in [0.15, 0.2) is 18.2 Å². The largest absolute Gasteiger partial charge is 0.399 e. The Bertz CT molecular complexity index is 378. The molecule has 1 heterocycles. The zero-order valence-electron chi connectivity index (χ0n) is 9.96. The standard InChI is InChI=1S/C13H19ClN2/c1-3-13(4-2)8-16(9-13)12-7-10(15)5-6-11(12)14/h5-7H,3-4,8-9,15H2,1-2H3. The number of hydrogen-bond acceptors (Lipinski definition) is 2. The molecule has 1 aromatic carbocycles. The van der Waals surface area contributed by atoms with Gasteiger partial charge in [-0.25, -0.2) is 0 Å². The van der Waals surface area contributed by atoms with E-state index >= 15 is 0 Å². The predicted molar refractivity (Wildman–Crippen MR) is 71.1 cm³/mol. The second kappa shape index (κ2) is 4.17. The van der Waals surface area contributed by atoms with Crippen molar-refractivity contribution >= 4 is 23.0 Å². The van der Waals surface area contributed by atoms with Crippen LogP contribution < -0.4 is 10.6 Å². The van der Waals surface area contributed by atoms with Crippen LogP contribution in [0.25, 0.3) is 0 Å². The van der Waals surface area contributed by atoms with Gasteiger partial charge in [0, 0.05) is 24.2 Å². The van der Waals surface area contributed by atoms with E-state index in [2.05, 4.69) is 18.7 Å². The maximum Gasteiger partial charge on any atom is 0.0641 e. The molecule has 0 aliphatic carbocycles. The smallest absolute Gasteiger partial charge is 0.0641 e. The summed E-state index contributed by atoms with van der Waals surface area (Å²) in [6, 6.07) is 5.69. The number of nitrogens with two attached hydrogens (primary N) is 1. The van der Waals surface area contributed by atoms with Gasteiger partial charge in [-0.3, -0.25) is 0 Å². The van der Waals surface area contributed by atoms with Crippen LogP contribution in [0.5, 0.6) is 0 Å². The number of benzene rings is 1. The fraction of sp³-hybridized carbons (Fsp3) is 0.538. The lowest BCUT2D eigenvalue weighted by molar-refractivity contribution is 0.194. The van der Waals surface area contributed by atoms with Crippen LogP contribution in [0.2, 0.25) is 5.02 Å². The fourth-order valence-electron chi connectivity index (χ4n) is 2.40. The first-order valence-corrected chi connectivity index (χ1v) is 6.28. The van der Waals surface area contributed by atoms with Crippen molar-refractivity contribution in [3.05, 3.63) is 23.2 Å². The minimum Gasteiger partial charge on any atom is -0.399 e. The van der Waals surface area contributed by atoms with Crippen molar-refractivity contribution in [3.63, 3.8) is 0 Å². The molecular weight excluding hydrogens is 220 g/mol. The molecule has 1 saturated heterocycles. The van der Waals surface area contributed by atoms with E-state index in [0.717, 1.165) is 29.5 Å². The molecule has 16 heavy (non-hydrogen) atoms. The Morgan fingerprint density at radius 3 is 2.50 bits per heavy atom. The van der Waals surface area contributed by atoms with Crippen molar-refractivity contribution in [2.45, 2.75) is 26.7 Å². The number of nitrogen functional groups attached to an aromatic ring is 1. The Morgan fingerprint density at radius 2 is 1.94 bits per heavy atom. The first-order chi connectivity index (χ1) is 7.60. The lowest BCUT2D eigenvalue weighted by atomic mass is 9.75. The van der Waals surface area contributed by atoms with Crippen molar-refractivity contribution in [2.75, 3.05) is 23.7 Å². The highest BCUT2D eigenvalue weighted by atomic mass is 35.5. The summed E-state index contributed by atoms with van der Waals surface area (Å²) < 4.78 is 0. The van der Waals surface area contributed by atoms with Gasteiger partial charge in [0.05, 0.1) is 10.7 Å². The molecule has 0 aromatic heterocycles. The second-order valence-electron chi connectivity index (χ2n) is 4.77. The van der Waals surface area contributed by atoms with Gasteiger partial charge in [-0.1, -0.05) is 25.4 Å². The summed E-state index contributed by atoms with van der Waals surface area (Å²) >= 11 is 6.19. The topological polar surface area (TPSA) is 29.3 Å². The molecule has 2 nitrogen and oxygen atoms in total. The van der Waals surface area contributed by atoms with Crippen LogP contribution >= 0.6 is 11.6 Å². The zero-order chi connectivity index (χ0) is 11.8. The maximum absolute atomic E-state index is 6.19. The third kappa shape index (κ3) is 1.86. The highest BCUT2D eigenvalue weighted by Crippen LogP contribution is 2.42. The average Bonchev–Trinajstić information content (AvgIpc) is 2.23. The third-order valence-electron chi connectivity index (χ3n) is 3.86. The van der Waals surface area contributed by atoms with Crippen LogP contribution in [0.3, 0.4) is 0 Å². The third-order valence-corrected chi connectivity index (χ3v) is 4.18. The first kappa shape index (κ1) is 11.6. The summed E-state index contributed by atoms with van der Waals surface area (Å²) in [6.45, 7) is 6.73. The van der Waals surface area contributed by atoms with Crippen molar-refractivity contribution in [1.29, 1.82) is 0 Å². The summed E-state index contributed by atoms with van der Waals surface area (Å²) in [4.78, 5) is 2.33. The molecule has 0 radical (unpaired) electrons. The molecule has 0 saturated carbocycles. The van der Waals surface area contributed by atoms with E-state index in [0.29, 0.717) is 5.41 Å². The van der Waals surface area contributed by atoms with Crippen LogP contribution in [-0.2, 0) is 0 Å². The Hall–Kier alpha value is -0.890. The lowest BCUT2D eigenvalue weighted by Crippen LogP contribution is -2.56. The minimum atomic E-state index is 0.494. The van der Waals surface area contributed by atoms with Gasteiger partial charge in [0.25, 0.3) is 0 Å². The predicted octanol–water partition coefficient (Wildman–Crippen LogP) is 3.55. The van der Waals surface area contributed by atoms with Crippen LogP contribution in [0, 0.1) is 5.41 Å². The molecule has 1 fully saturated rings. The van der Waals surface area contributed by atoms with Gasteiger partial charge in [-0.05, 0) is 31.0 Å². The Labute approximate surface area is 102 Å². The molecule has 3 heteroatoms. The molecule has 1 aliphatic rings. The molecule has 88 valence electrons. The first-order valence-electron chi connectivity index (χ1n) is 5.90. The second-order valence-corrected chi connectivity index (χ2v) is 5.18. The summed E-state index contributed by atoms with van der Waals surface area (Å²) in [6.07, 6.45) is 2.47. The number of halogens is 1. The Kier molecular flexibility index (Phi) is 3.02. The van der Waals surface area contributed by atoms with E-state index in [-0.39, 0.29) is 0 Å². The molecule has 1 aromatic rings. The molecule has 2 rings (SSSR count). The molecular formula is C13H19ClN2. The molecule has 2 N–H and O–H groups in total. The summed E-state index contributed by atoms with van der Waals surface area (Å²) in [5.41, 5.74) is 8.15. The van der Waals surface area contributed by atoms with E-state index in [4.69, 9.17) is 17.3 Å². The number of rotatable bonds is 3. The van der Waals surface area contributed by atoms with Gasteiger partial charge in [-0.15, -0.1) is 0 Å². The van der Waals surface area contributed by atoms with E-state index in [1.54, 1.807) is 0 Å². The van der Waals surface area contributed by atoms with Crippen LogP contribution in [0.4, 0.5) is 11.4 Å². The van der Waals surface area contributed by atoms with Gasteiger partial charge >= 0.3 is 0 Å². The van der Waals surface area contributed by atoms with Gasteiger partial charge in [0.2, 0.25) is 0 Å². The SMILES string of the molecule is CCC1(CC)CN(c2cc(N)ccc2Cl)C1. The lowest BCUT2D eigenvalue weighted by Gasteiger charge is -2.51. The van der Waals surface area contributed by atoms with E-state index in [1.807, 2.05) is 18.2 Å². The number of anilines is 2. The van der Waals surface area contributed by atoms with Gasteiger partial charge in [0.1, 0.15) is 0 Å². The van der Waals surface area contributed by atoms with Crippen molar-refractivity contribution < 1.29 is 0 Å². The van der Waals surface area contributed by atoms with Gasteiger partial charge in [-0.2, -0.15) is 0 Å². The Morgan fingerprint density at radius 1 is 1.31 bits per heavy atom. The molecule has 0 atom stereocenters. The summed E-state index contributed by atoms with van der Waals surface area (Å²) in [7, 11) is 0. The highest BCUT2D eigenvalue weighted by Gasteiger charge is 2.40. The van der Waals surface area contributed by atoms with E-state index < -0.39 is 0 Å². The molecule has 0 amide bonds. The Balaban J connectivity index is 2.14. The number of hydrogen-bond donors (Lipinski definition) is 1. The molecule has 0 spiro atoms. The number of nitrogens with zero attached hydrogens (tertiary/aromatic N) is 1. The average molecular weight is 239 g/mol. The van der Waals surface area contributed by atoms with Gasteiger partial charge < -0.3 is 10.6 Å². The molecule has 1 aliphatic heterocycles. The normalized spacial score (nSPS) is 18.3. The highest BCUT2D eigenvalue weighted by molar-refractivity contribution is 6.33. The van der Waals surface area contributed by atoms with Gasteiger partial charge in [0.15, 0.2) is 0 Å².